The fraction of sp³-hybridized carbons (Fsp3) is 0.533. The maximum absolute atomic E-state index is 13.8. The molecule has 0 heterocycles. The standard InChI is InChI=1S/C15H21BrFNO/c1-10(2)11(8-9-18)6-7-14(19)12-4-3-5-13(16)15(12)17/h3-5,10-11H,6-9,18H2,1-2H3. The van der Waals surface area contributed by atoms with Crippen LogP contribution in [0.4, 0.5) is 4.39 Å². The summed E-state index contributed by atoms with van der Waals surface area (Å²) in [4.78, 5) is 12.1. The van der Waals surface area contributed by atoms with E-state index in [-0.39, 0.29) is 11.3 Å². The summed E-state index contributed by atoms with van der Waals surface area (Å²) in [6, 6.07) is 4.81. The van der Waals surface area contributed by atoms with Crippen molar-refractivity contribution in [2.24, 2.45) is 17.6 Å². The van der Waals surface area contributed by atoms with Gasteiger partial charge in [-0.15, -0.1) is 0 Å². The van der Waals surface area contributed by atoms with Gasteiger partial charge in [-0.3, -0.25) is 4.79 Å². The molecule has 0 amide bonds. The van der Waals surface area contributed by atoms with Crippen LogP contribution in [0.1, 0.15) is 43.5 Å². The first kappa shape index (κ1) is 16.3. The zero-order valence-electron chi connectivity index (χ0n) is 11.5. The lowest BCUT2D eigenvalue weighted by atomic mass is 9.87. The van der Waals surface area contributed by atoms with Crippen LogP contribution >= 0.6 is 15.9 Å². The van der Waals surface area contributed by atoms with Crippen molar-refractivity contribution in [2.45, 2.75) is 33.1 Å². The number of ketones is 1. The number of carbonyl (C=O) groups excluding carboxylic acids is 1. The van der Waals surface area contributed by atoms with Gasteiger partial charge in [0.15, 0.2) is 5.78 Å². The topological polar surface area (TPSA) is 43.1 Å². The van der Waals surface area contributed by atoms with Crippen molar-refractivity contribution in [3.8, 4) is 0 Å². The molecular weight excluding hydrogens is 309 g/mol. The second-order valence-electron chi connectivity index (χ2n) is 5.14. The summed E-state index contributed by atoms with van der Waals surface area (Å²) in [6.45, 7) is 4.89. The smallest absolute Gasteiger partial charge is 0.165 e. The lowest BCUT2D eigenvalue weighted by molar-refractivity contribution is 0.0965. The third-order valence-corrected chi connectivity index (χ3v) is 4.09. The predicted molar refractivity (Wildman–Crippen MR) is 79.7 cm³/mol. The molecule has 0 aliphatic rings. The van der Waals surface area contributed by atoms with Gasteiger partial charge in [0.25, 0.3) is 0 Å². The molecule has 0 spiro atoms. The number of hydrogen-bond donors (Lipinski definition) is 1. The van der Waals surface area contributed by atoms with E-state index in [2.05, 4.69) is 29.8 Å². The highest BCUT2D eigenvalue weighted by Gasteiger charge is 2.18. The number of benzene rings is 1. The molecule has 106 valence electrons. The minimum absolute atomic E-state index is 0.138. The van der Waals surface area contributed by atoms with E-state index in [0.717, 1.165) is 12.8 Å². The van der Waals surface area contributed by atoms with Crippen molar-refractivity contribution in [1.82, 2.24) is 0 Å². The second kappa shape index (κ2) is 7.75. The summed E-state index contributed by atoms with van der Waals surface area (Å²) in [5.74, 6) is 0.307. The first-order valence-electron chi connectivity index (χ1n) is 6.64. The van der Waals surface area contributed by atoms with Crippen LogP contribution in [-0.2, 0) is 0 Å². The van der Waals surface area contributed by atoms with E-state index in [9.17, 15) is 9.18 Å². The Kier molecular flexibility index (Phi) is 6.66. The van der Waals surface area contributed by atoms with Gasteiger partial charge < -0.3 is 5.73 Å². The SMILES string of the molecule is CC(C)C(CCN)CCC(=O)c1cccc(Br)c1F. The van der Waals surface area contributed by atoms with Crippen molar-refractivity contribution in [1.29, 1.82) is 0 Å². The Morgan fingerprint density at radius 2 is 2.05 bits per heavy atom. The second-order valence-corrected chi connectivity index (χ2v) is 6.00. The van der Waals surface area contributed by atoms with Gasteiger partial charge in [0, 0.05) is 6.42 Å². The fourth-order valence-electron chi connectivity index (χ4n) is 2.20. The first-order valence-corrected chi connectivity index (χ1v) is 7.44. The van der Waals surface area contributed by atoms with E-state index in [0.29, 0.717) is 29.3 Å². The summed E-state index contributed by atoms with van der Waals surface area (Å²) in [7, 11) is 0. The third kappa shape index (κ3) is 4.69. The van der Waals surface area contributed by atoms with Crippen LogP contribution in [0.5, 0.6) is 0 Å². The minimum Gasteiger partial charge on any atom is -0.330 e. The number of rotatable bonds is 7. The Labute approximate surface area is 122 Å². The van der Waals surface area contributed by atoms with Crippen molar-refractivity contribution in [2.75, 3.05) is 6.54 Å². The van der Waals surface area contributed by atoms with Crippen LogP contribution in [0.25, 0.3) is 0 Å². The molecule has 0 bridgehead atoms. The number of halogens is 2. The molecular formula is C15H21BrFNO. The lowest BCUT2D eigenvalue weighted by Gasteiger charge is -2.19. The molecule has 2 N–H and O–H groups in total. The highest BCUT2D eigenvalue weighted by molar-refractivity contribution is 9.10. The normalized spacial score (nSPS) is 12.7. The first-order chi connectivity index (χ1) is 8.97. The van der Waals surface area contributed by atoms with E-state index < -0.39 is 5.82 Å². The molecule has 1 rings (SSSR count). The van der Waals surface area contributed by atoms with Crippen LogP contribution in [-0.4, -0.2) is 12.3 Å². The third-order valence-electron chi connectivity index (χ3n) is 3.47. The fourth-order valence-corrected chi connectivity index (χ4v) is 2.56. The van der Waals surface area contributed by atoms with Crippen molar-refractivity contribution in [3.05, 3.63) is 34.1 Å². The molecule has 1 aromatic carbocycles. The Hall–Kier alpha value is -0.740. The van der Waals surface area contributed by atoms with Gasteiger partial charge >= 0.3 is 0 Å². The number of hydrogen-bond acceptors (Lipinski definition) is 2. The van der Waals surface area contributed by atoms with Crippen LogP contribution in [0.2, 0.25) is 0 Å². The summed E-state index contributed by atoms with van der Waals surface area (Å²) < 4.78 is 14.1. The monoisotopic (exact) mass is 329 g/mol. The van der Waals surface area contributed by atoms with E-state index in [4.69, 9.17) is 5.73 Å². The van der Waals surface area contributed by atoms with Crippen molar-refractivity contribution in [3.63, 3.8) is 0 Å². The molecule has 1 aromatic rings. The van der Waals surface area contributed by atoms with Crippen LogP contribution in [0.15, 0.2) is 22.7 Å². The molecule has 0 saturated carbocycles. The van der Waals surface area contributed by atoms with Gasteiger partial charge in [-0.1, -0.05) is 19.9 Å². The highest BCUT2D eigenvalue weighted by Crippen LogP contribution is 2.24. The zero-order chi connectivity index (χ0) is 14.4. The molecule has 0 radical (unpaired) electrons. The van der Waals surface area contributed by atoms with E-state index in [1.54, 1.807) is 12.1 Å². The van der Waals surface area contributed by atoms with Crippen molar-refractivity contribution >= 4 is 21.7 Å². The van der Waals surface area contributed by atoms with Gasteiger partial charge in [0.05, 0.1) is 10.0 Å². The molecule has 0 aliphatic heterocycles. The summed E-state index contributed by atoms with van der Waals surface area (Å²) in [5.41, 5.74) is 5.75. The van der Waals surface area contributed by atoms with Gasteiger partial charge in [0.2, 0.25) is 0 Å². The molecule has 0 fully saturated rings. The van der Waals surface area contributed by atoms with E-state index >= 15 is 0 Å². The van der Waals surface area contributed by atoms with Gasteiger partial charge in [-0.2, -0.15) is 0 Å². The van der Waals surface area contributed by atoms with Crippen LogP contribution < -0.4 is 5.73 Å². The van der Waals surface area contributed by atoms with Crippen molar-refractivity contribution < 1.29 is 9.18 Å². The molecule has 1 atom stereocenters. The predicted octanol–water partition coefficient (Wildman–Crippen LogP) is 4.17. The number of nitrogens with two attached hydrogens (primary N) is 1. The maximum Gasteiger partial charge on any atom is 0.165 e. The van der Waals surface area contributed by atoms with E-state index in [1.807, 2.05) is 0 Å². The molecule has 19 heavy (non-hydrogen) atoms. The lowest BCUT2D eigenvalue weighted by Crippen LogP contribution is -2.16. The van der Waals surface area contributed by atoms with Crippen LogP contribution in [0, 0.1) is 17.7 Å². The quantitative estimate of drug-likeness (QED) is 0.763. The average Bonchev–Trinajstić information content (AvgIpc) is 2.37. The number of Topliss-reactive ketones (excluding diaryl/α,β-unsaturated/α-hetero) is 1. The van der Waals surface area contributed by atoms with Gasteiger partial charge in [-0.25, -0.2) is 4.39 Å². The summed E-state index contributed by atoms with van der Waals surface area (Å²) in [5, 5.41) is 0. The molecule has 1 unspecified atom stereocenters. The largest absolute Gasteiger partial charge is 0.330 e. The maximum atomic E-state index is 13.8. The average molecular weight is 330 g/mol. The number of carbonyl (C=O) groups is 1. The van der Waals surface area contributed by atoms with E-state index in [1.165, 1.54) is 6.07 Å². The zero-order valence-corrected chi connectivity index (χ0v) is 13.0. The van der Waals surface area contributed by atoms with Gasteiger partial charge in [0.1, 0.15) is 5.82 Å². The molecule has 0 saturated heterocycles. The minimum atomic E-state index is -0.465. The Morgan fingerprint density at radius 1 is 1.37 bits per heavy atom. The molecule has 0 aliphatic carbocycles. The van der Waals surface area contributed by atoms with Gasteiger partial charge in [-0.05, 0) is 59.3 Å². The molecule has 4 heteroatoms. The van der Waals surface area contributed by atoms with Crippen LogP contribution in [0.3, 0.4) is 0 Å². The Balaban J connectivity index is 2.67. The molecule has 2 nitrogen and oxygen atoms in total. The summed E-state index contributed by atoms with van der Waals surface area (Å²) in [6.07, 6.45) is 2.04. The Morgan fingerprint density at radius 3 is 2.63 bits per heavy atom. The molecule has 0 aromatic heterocycles. The summed E-state index contributed by atoms with van der Waals surface area (Å²) >= 11 is 3.10. The highest BCUT2D eigenvalue weighted by atomic mass is 79.9. The Bertz CT molecular complexity index is 434.